The second kappa shape index (κ2) is 14.9. The fourth-order valence-corrected chi connectivity index (χ4v) is 5.81. The van der Waals surface area contributed by atoms with Crippen molar-refractivity contribution in [3.05, 3.63) is 24.0 Å². The largest absolute Gasteiger partial charge is 0.496 e. The van der Waals surface area contributed by atoms with Gasteiger partial charge in [-0.15, -0.1) is 12.4 Å². The van der Waals surface area contributed by atoms with Crippen LogP contribution in [-0.4, -0.2) is 72.6 Å². The van der Waals surface area contributed by atoms with E-state index < -0.39 is 29.4 Å². The Bertz CT molecular complexity index is 1250. The van der Waals surface area contributed by atoms with Crippen LogP contribution in [0.5, 0.6) is 5.75 Å². The molecule has 2 heterocycles. The Morgan fingerprint density at radius 2 is 1.81 bits per heavy atom. The molecular weight excluding hydrogens is 558 g/mol. The van der Waals surface area contributed by atoms with Gasteiger partial charge in [0.05, 0.1) is 24.7 Å². The Kier molecular flexibility index (Phi) is 11.9. The van der Waals surface area contributed by atoms with Crippen LogP contribution in [0.4, 0.5) is 5.82 Å². The quantitative estimate of drug-likeness (QED) is 0.262. The predicted octanol–water partition coefficient (Wildman–Crippen LogP) is 2.86. The number of methoxy groups -OCH3 is 1. The maximum Gasteiger partial charge on any atom is 0.249 e. The molecule has 4 rings (SSSR count). The lowest BCUT2D eigenvalue weighted by Crippen LogP contribution is -2.59. The molecule has 0 bridgehead atoms. The number of halogens is 1. The molecule has 2 fully saturated rings. The lowest BCUT2D eigenvalue weighted by Gasteiger charge is -2.35. The highest BCUT2D eigenvalue weighted by Gasteiger charge is 2.39. The Labute approximate surface area is 254 Å². The normalized spacial score (nSPS) is 18.9. The molecule has 12 heteroatoms. The van der Waals surface area contributed by atoms with Gasteiger partial charge in [-0.05, 0) is 69.7 Å². The van der Waals surface area contributed by atoms with Gasteiger partial charge in [0.1, 0.15) is 23.9 Å². The van der Waals surface area contributed by atoms with E-state index in [0.29, 0.717) is 24.6 Å². The molecule has 1 aromatic heterocycles. The molecule has 1 saturated carbocycles. The Morgan fingerprint density at radius 1 is 1.07 bits per heavy atom. The minimum Gasteiger partial charge on any atom is -0.496 e. The van der Waals surface area contributed by atoms with E-state index in [1.165, 1.54) is 19.3 Å². The van der Waals surface area contributed by atoms with Gasteiger partial charge in [0.2, 0.25) is 17.7 Å². The van der Waals surface area contributed by atoms with Crippen LogP contribution >= 0.6 is 12.4 Å². The summed E-state index contributed by atoms with van der Waals surface area (Å²) in [6, 6.07) is 2.36. The second-order valence-corrected chi connectivity index (χ2v) is 12.0. The van der Waals surface area contributed by atoms with Crippen molar-refractivity contribution in [3.63, 3.8) is 0 Å². The van der Waals surface area contributed by atoms with Crippen molar-refractivity contribution in [2.45, 2.75) is 96.3 Å². The first-order valence-electron chi connectivity index (χ1n) is 14.8. The molecule has 0 unspecified atom stereocenters. The Balaban J connectivity index is 0.00000484. The van der Waals surface area contributed by atoms with Crippen molar-refractivity contribution < 1.29 is 19.1 Å². The summed E-state index contributed by atoms with van der Waals surface area (Å²) in [7, 11) is 3.29. The zero-order chi connectivity index (χ0) is 29.6. The number of rotatable bonds is 11. The third-order valence-electron chi connectivity index (χ3n) is 8.41. The third kappa shape index (κ3) is 8.08. The van der Waals surface area contributed by atoms with Gasteiger partial charge in [-0.1, -0.05) is 33.1 Å². The number of amides is 3. The van der Waals surface area contributed by atoms with Crippen molar-refractivity contribution in [2.75, 3.05) is 26.0 Å². The summed E-state index contributed by atoms with van der Waals surface area (Å²) in [6.07, 6.45) is 9.38. The number of hydrogen-bond acceptors (Lipinski definition) is 9. The molecule has 42 heavy (non-hydrogen) atoms. The molecule has 232 valence electrons. The van der Waals surface area contributed by atoms with Crippen LogP contribution in [0.25, 0.3) is 10.9 Å². The molecular formula is C30H46ClN7O4. The lowest BCUT2D eigenvalue weighted by molar-refractivity contribution is -0.137. The molecule has 5 N–H and O–H groups in total. The molecule has 2 aliphatic rings. The van der Waals surface area contributed by atoms with Gasteiger partial charge in [-0.2, -0.15) is 0 Å². The van der Waals surface area contributed by atoms with E-state index in [2.05, 4.69) is 36.6 Å². The number of fused-ring (bicyclic) bond motifs is 1. The number of carbonyl (C=O) groups excluding carboxylic acids is 3. The number of ether oxygens (including phenoxy) is 1. The number of benzene rings is 1. The number of anilines is 1. The number of nitrogens with zero attached hydrogens (tertiary/aromatic N) is 2. The second-order valence-electron chi connectivity index (χ2n) is 12.0. The van der Waals surface area contributed by atoms with Crippen molar-refractivity contribution in [3.8, 4) is 5.75 Å². The Hall–Kier alpha value is -3.02. The summed E-state index contributed by atoms with van der Waals surface area (Å²) in [6.45, 7) is 6.27. The van der Waals surface area contributed by atoms with E-state index in [4.69, 9.17) is 4.74 Å². The molecule has 1 saturated heterocycles. The molecule has 11 nitrogen and oxygen atoms in total. The molecule has 3 amide bonds. The number of likely N-dealkylation sites (N-methyl/N-ethyl adjacent to an activating group) is 1. The fraction of sp³-hybridized carbons (Fsp3) is 0.633. The first kappa shape index (κ1) is 33.5. The molecule has 0 spiro atoms. The smallest absolute Gasteiger partial charge is 0.249 e. The molecule has 1 aliphatic carbocycles. The average molecular weight is 604 g/mol. The summed E-state index contributed by atoms with van der Waals surface area (Å²) in [5.74, 6) is 0.179. The monoisotopic (exact) mass is 603 g/mol. The zero-order valence-corrected chi connectivity index (χ0v) is 26.2. The standard InChI is InChI=1S/C30H45N7O4.ClH/c1-18(31-4)27(38)36-25(29(40)37-28(39)22-12-9-13-32-22)30(2,3)16-19-14-21-23(15-24(19)41-5)33-17-34-26(21)35-20-10-7-6-8-11-20;/h14-15,17-18,20,22,25,31-32H,6-13,16H2,1-5H3,(H,36,38)(H,33,34,35)(H,37,39,40);1H/t18-,22-,25+;/m0./s1. The number of carbonyl (C=O) groups is 3. The van der Waals surface area contributed by atoms with E-state index in [-0.39, 0.29) is 24.2 Å². The van der Waals surface area contributed by atoms with E-state index in [9.17, 15) is 14.4 Å². The van der Waals surface area contributed by atoms with Gasteiger partial charge in [-0.3, -0.25) is 19.7 Å². The Morgan fingerprint density at radius 3 is 2.45 bits per heavy atom. The van der Waals surface area contributed by atoms with Crippen molar-refractivity contribution >= 4 is 46.8 Å². The maximum absolute atomic E-state index is 13.6. The van der Waals surface area contributed by atoms with Gasteiger partial charge in [-0.25, -0.2) is 9.97 Å². The van der Waals surface area contributed by atoms with E-state index in [1.54, 1.807) is 27.4 Å². The van der Waals surface area contributed by atoms with Crippen molar-refractivity contribution in [2.24, 2.45) is 5.41 Å². The third-order valence-corrected chi connectivity index (χ3v) is 8.41. The molecule has 1 aromatic carbocycles. The van der Waals surface area contributed by atoms with Gasteiger partial charge < -0.3 is 26.0 Å². The number of aromatic nitrogens is 2. The summed E-state index contributed by atoms with van der Waals surface area (Å²) < 4.78 is 5.76. The topological polar surface area (TPSA) is 146 Å². The average Bonchev–Trinajstić information content (AvgIpc) is 3.51. The van der Waals surface area contributed by atoms with Crippen LogP contribution in [0.15, 0.2) is 18.5 Å². The molecule has 1 aliphatic heterocycles. The fourth-order valence-electron chi connectivity index (χ4n) is 5.81. The summed E-state index contributed by atoms with van der Waals surface area (Å²) in [5, 5.41) is 16.0. The van der Waals surface area contributed by atoms with Crippen LogP contribution in [0, 0.1) is 5.41 Å². The highest BCUT2D eigenvalue weighted by molar-refractivity contribution is 6.02. The highest BCUT2D eigenvalue weighted by Crippen LogP contribution is 2.35. The van der Waals surface area contributed by atoms with Crippen molar-refractivity contribution in [1.82, 2.24) is 31.2 Å². The van der Waals surface area contributed by atoms with Gasteiger partial charge >= 0.3 is 0 Å². The van der Waals surface area contributed by atoms with Gasteiger partial charge in [0.25, 0.3) is 0 Å². The maximum atomic E-state index is 13.6. The van der Waals surface area contributed by atoms with Crippen molar-refractivity contribution in [1.29, 1.82) is 0 Å². The van der Waals surface area contributed by atoms with E-state index in [1.807, 2.05) is 26.0 Å². The first-order valence-corrected chi connectivity index (χ1v) is 14.8. The lowest BCUT2D eigenvalue weighted by atomic mass is 9.77. The van der Waals surface area contributed by atoms with Crippen LogP contribution in [0.3, 0.4) is 0 Å². The molecule has 0 radical (unpaired) electrons. The number of nitrogens with one attached hydrogen (secondary N) is 5. The van der Waals surface area contributed by atoms with Gasteiger partial charge in [0.15, 0.2) is 0 Å². The van der Waals surface area contributed by atoms with E-state index in [0.717, 1.165) is 48.1 Å². The highest BCUT2D eigenvalue weighted by atomic mass is 35.5. The van der Waals surface area contributed by atoms with Gasteiger partial charge in [0, 0.05) is 17.5 Å². The zero-order valence-electron chi connectivity index (χ0n) is 25.3. The summed E-state index contributed by atoms with van der Waals surface area (Å²) in [5.41, 5.74) is 0.810. The van der Waals surface area contributed by atoms with Crippen LogP contribution in [-0.2, 0) is 20.8 Å². The minimum absolute atomic E-state index is 0. The summed E-state index contributed by atoms with van der Waals surface area (Å²) in [4.78, 5) is 48.4. The SMILES string of the molecule is CN[C@@H](C)C(=O)N[C@H](C(=O)NC(=O)[C@@H]1CCCN1)C(C)(C)Cc1cc2c(NC3CCCCC3)ncnc2cc1OC.Cl. The predicted molar refractivity (Wildman–Crippen MR) is 166 cm³/mol. The summed E-state index contributed by atoms with van der Waals surface area (Å²) >= 11 is 0. The first-order chi connectivity index (χ1) is 19.6. The number of imide groups is 1. The van der Waals surface area contributed by atoms with E-state index >= 15 is 0 Å². The van der Waals surface area contributed by atoms with Crippen LogP contribution < -0.4 is 31.3 Å². The molecule has 3 atom stereocenters. The van der Waals surface area contributed by atoms with Crippen LogP contribution in [0.2, 0.25) is 0 Å². The molecule has 2 aromatic rings. The van der Waals surface area contributed by atoms with Crippen LogP contribution in [0.1, 0.15) is 71.3 Å². The number of hydrogen-bond donors (Lipinski definition) is 5. The minimum atomic E-state index is -0.983.